The summed E-state index contributed by atoms with van der Waals surface area (Å²) < 4.78 is 11.0. The van der Waals surface area contributed by atoms with Crippen molar-refractivity contribution in [3.05, 3.63) is 48.0 Å². The molecule has 130 valence electrons. The van der Waals surface area contributed by atoms with Crippen molar-refractivity contribution in [2.75, 3.05) is 13.2 Å². The lowest BCUT2D eigenvalue weighted by Crippen LogP contribution is -2.70. The van der Waals surface area contributed by atoms with Gasteiger partial charge in [-0.2, -0.15) is 0 Å². The third kappa shape index (κ3) is 3.65. The van der Waals surface area contributed by atoms with Gasteiger partial charge in [0.1, 0.15) is 5.54 Å². The maximum absolute atomic E-state index is 10.9. The molecular formula is C18H29NO4. The van der Waals surface area contributed by atoms with Gasteiger partial charge < -0.3 is 25.4 Å². The number of allylic oxidation sites excluding steroid dienone is 1. The molecule has 2 atom stereocenters. The minimum atomic E-state index is -1.85. The van der Waals surface area contributed by atoms with Gasteiger partial charge in [-0.3, -0.25) is 0 Å². The number of hydrogen-bond donors (Lipinski definition) is 3. The number of aliphatic hydroxyl groups is 2. The summed E-state index contributed by atoms with van der Waals surface area (Å²) in [5, 5.41) is 21.9. The van der Waals surface area contributed by atoms with Crippen LogP contribution in [0, 0.1) is 0 Å². The van der Waals surface area contributed by atoms with E-state index < -0.39 is 17.1 Å². The lowest BCUT2D eigenvalue weighted by molar-refractivity contribution is -0.331. The average molecular weight is 323 g/mol. The molecule has 0 radical (unpaired) electrons. The summed E-state index contributed by atoms with van der Waals surface area (Å²) in [5.41, 5.74) is 6.28. The van der Waals surface area contributed by atoms with Crippen LogP contribution in [-0.4, -0.2) is 35.0 Å². The molecule has 0 aromatic heterocycles. The fourth-order valence-corrected chi connectivity index (χ4v) is 2.96. The summed E-state index contributed by atoms with van der Waals surface area (Å²) in [7, 11) is 0. The van der Waals surface area contributed by atoms with Crippen molar-refractivity contribution in [1.29, 1.82) is 0 Å². The Morgan fingerprint density at radius 3 is 2.00 bits per heavy atom. The second kappa shape index (κ2) is 7.55. The normalized spacial score (nSPS) is 19.4. The minimum absolute atomic E-state index is 0.234. The maximum Gasteiger partial charge on any atom is 0.190 e. The number of ether oxygens (including phenoxy) is 2. The molecule has 0 saturated heterocycles. The Balaban J connectivity index is 3.62. The molecule has 0 amide bonds. The molecule has 0 bridgehead atoms. The quantitative estimate of drug-likeness (QED) is 0.478. The van der Waals surface area contributed by atoms with E-state index in [0.717, 1.165) is 5.56 Å². The summed E-state index contributed by atoms with van der Waals surface area (Å²) in [6.45, 7) is 10.6. The Hall–Kier alpha value is -1.24. The fourth-order valence-electron chi connectivity index (χ4n) is 2.96. The van der Waals surface area contributed by atoms with Gasteiger partial charge in [0.05, 0.1) is 0 Å². The molecular weight excluding hydrogens is 294 g/mol. The summed E-state index contributed by atoms with van der Waals surface area (Å²) in [6.07, 6.45) is 2.28. The molecule has 2 unspecified atom stereocenters. The van der Waals surface area contributed by atoms with Gasteiger partial charge >= 0.3 is 0 Å². The van der Waals surface area contributed by atoms with Gasteiger partial charge in [0.2, 0.25) is 0 Å². The number of rotatable bonds is 9. The van der Waals surface area contributed by atoms with Crippen LogP contribution in [0.1, 0.15) is 38.8 Å². The van der Waals surface area contributed by atoms with Crippen molar-refractivity contribution < 1.29 is 19.7 Å². The fraction of sp³-hybridized carbons (Fsp3) is 0.556. The van der Waals surface area contributed by atoms with E-state index in [9.17, 15) is 10.2 Å². The van der Waals surface area contributed by atoms with Crippen molar-refractivity contribution in [3.8, 4) is 0 Å². The monoisotopic (exact) mass is 323 g/mol. The molecule has 0 aliphatic carbocycles. The van der Waals surface area contributed by atoms with Crippen molar-refractivity contribution >= 4 is 0 Å². The van der Waals surface area contributed by atoms with Gasteiger partial charge in [-0.15, -0.1) is 6.58 Å². The number of hydrogen-bond acceptors (Lipinski definition) is 5. The van der Waals surface area contributed by atoms with Gasteiger partial charge in [0.15, 0.2) is 11.6 Å². The molecule has 1 aromatic rings. The van der Waals surface area contributed by atoms with E-state index in [2.05, 4.69) is 6.58 Å². The molecule has 0 saturated carbocycles. The highest BCUT2D eigenvalue weighted by atomic mass is 16.7. The van der Waals surface area contributed by atoms with E-state index in [1.54, 1.807) is 32.1 Å². The topological polar surface area (TPSA) is 84.9 Å². The molecule has 0 aliphatic heterocycles. The van der Waals surface area contributed by atoms with E-state index in [1.165, 1.54) is 13.8 Å². The lowest BCUT2D eigenvalue weighted by Gasteiger charge is -2.50. The SMILES string of the molecule is C=CCc1ccccc1C(N)(C(C)(O)OCC)C(C)(O)OCC. The van der Waals surface area contributed by atoms with Gasteiger partial charge in [0.25, 0.3) is 0 Å². The molecule has 5 heteroatoms. The standard InChI is InChI=1S/C18H29NO4/c1-6-11-14-12-9-10-13-15(14)18(19,16(4,20)22-7-2)17(5,21)23-8-3/h6,9-10,12-13,20-21H,1,7-8,11,19H2,2-5H3. The predicted octanol–water partition coefficient (Wildman–Crippen LogP) is 2.06. The second-order valence-corrected chi connectivity index (χ2v) is 5.79. The van der Waals surface area contributed by atoms with Crippen LogP contribution in [0.3, 0.4) is 0 Å². The Labute approximate surface area is 138 Å². The van der Waals surface area contributed by atoms with Crippen LogP contribution in [0.4, 0.5) is 0 Å². The zero-order valence-electron chi connectivity index (χ0n) is 14.5. The molecule has 4 N–H and O–H groups in total. The second-order valence-electron chi connectivity index (χ2n) is 5.79. The minimum Gasteiger partial charge on any atom is -0.364 e. The summed E-state index contributed by atoms with van der Waals surface area (Å²) in [5.74, 6) is -3.70. The van der Waals surface area contributed by atoms with Crippen LogP contribution in [0.2, 0.25) is 0 Å². The van der Waals surface area contributed by atoms with Crippen LogP contribution >= 0.6 is 0 Å². The van der Waals surface area contributed by atoms with Crippen LogP contribution in [0.15, 0.2) is 36.9 Å². The lowest BCUT2D eigenvalue weighted by atomic mass is 9.74. The third-order valence-corrected chi connectivity index (χ3v) is 4.12. The molecule has 0 spiro atoms. The maximum atomic E-state index is 10.9. The van der Waals surface area contributed by atoms with Crippen molar-refractivity contribution in [3.63, 3.8) is 0 Å². The third-order valence-electron chi connectivity index (χ3n) is 4.12. The number of nitrogens with two attached hydrogens (primary N) is 1. The zero-order chi connectivity index (χ0) is 17.7. The van der Waals surface area contributed by atoms with Gasteiger partial charge in [-0.25, -0.2) is 0 Å². The van der Waals surface area contributed by atoms with Gasteiger partial charge in [-0.1, -0.05) is 30.3 Å². The highest BCUT2D eigenvalue weighted by Gasteiger charge is 2.59. The Morgan fingerprint density at radius 1 is 1.09 bits per heavy atom. The molecule has 0 heterocycles. The summed E-state index contributed by atoms with van der Waals surface area (Å²) in [6, 6.07) is 7.31. The van der Waals surface area contributed by atoms with E-state index in [1.807, 2.05) is 12.1 Å². The van der Waals surface area contributed by atoms with Gasteiger partial charge in [0, 0.05) is 13.2 Å². The van der Waals surface area contributed by atoms with Crippen LogP contribution in [-0.2, 0) is 21.4 Å². The molecule has 23 heavy (non-hydrogen) atoms. The van der Waals surface area contributed by atoms with Gasteiger partial charge in [-0.05, 0) is 45.2 Å². The highest BCUT2D eigenvalue weighted by molar-refractivity contribution is 5.38. The van der Waals surface area contributed by atoms with Crippen molar-refractivity contribution in [2.24, 2.45) is 5.73 Å². The first kappa shape index (κ1) is 19.8. The first-order valence-electron chi connectivity index (χ1n) is 7.88. The zero-order valence-corrected chi connectivity index (χ0v) is 14.5. The molecule has 1 rings (SSSR count). The summed E-state index contributed by atoms with van der Waals surface area (Å²) in [4.78, 5) is 0. The largest absolute Gasteiger partial charge is 0.364 e. The van der Waals surface area contributed by atoms with E-state index in [0.29, 0.717) is 12.0 Å². The van der Waals surface area contributed by atoms with Crippen LogP contribution in [0.5, 0.6) is 0 Å². The molecule has 0 aliphatic rings. The molecule has 0 fully saturated rings. The summed E-state index contributed by atoms with van der Waals surface area (Å²) >= 11 is 0. The highest BCUT2D eigenvalue weighted by Crippen LogP contribution is 2.43. The number of benzene rings is 1. The Bertz CT molecular complexity index is 508. The first-order chi connectivity index (χ1) is 10.7. The average Bonchev–Trinajstić information content (AvgIpc) is 2.47. The van der Waals surface area contributed by atoms with E-state index in [4.69, 9.17) is 15.2 Å². The molecule has 1 aromatic carbocycles. The Kier molecular flexibility index (Phi) is 6.50. The van der Waals surface area contributed by atoms with E-state index in [-0.39, 0.29) is 13.2 Å². The molecule has 5 nitrogen and oxygen atoms in total. The Morgan fingerprint density at radius 2 is 1.57 bits per heavy atom. The van der Waals surface area contributed by atoms with Crippen LogP contribution in [0.25, 0.3) is 0 Å². The van der Waals surface area contributed by atoms with Crippen LogP contribution < -0.4 is 5.73 Å². The van der Waals surface area contributed by atoms with Crippen molar-refractivity contribution in [1.82, 2.24) is 0 Å². The predicted molar refractivity (Wildman–Crippen MR) is 90.7 cm³/mol. The smallest absolute Gasteiger partial charge is 0.190 e. The first-order valence-corrected chi connectivity index (χ1v) is 7.88. The van der Waals surface area contributed by atoms with E-state index >= 15 is 0 Å². The van der Waals surface area contributed by atoms with Crippen molar-refractivity contribution in [2.45, 2.75) is 51.2 Å².